The van der Waals surface area contributed by atoms with Gasteiger partial charge in [-0.2, -0.15) is 0 Å². The lowest BCUT2D eigenvalue weighted by atomic mass is 10.1. The molecule has 0 amide bonds. The first kappa shape index (κ1) is 14.0. The van der Waals surface area contributed by atoms with Gasteiger partial charge in [-0.05, 0) is 24.3 Å². The van der Waals surface area contributed by atoms with Gasteiger partial charge in [-0.3, -0.25) is 0 Å². The Kier molecular flexibility index (Phi) is 3.46. The monoisotopic (exact) mass is 303 g/mol. The average Bonchev–Trinajstić information content (AvgIpc) is 2.93. The number of fused-ring (bicyclic) bond motifs is 3. The van der Waals surface area contributed by atoms with Crippen LogP contribution in [0.2, 0.25) is 0 Å². The molecule has 1 N–H and O–H groups in total. The van der Waals surface area contributed by atoms with Crippen molar-refractivity contribution in [1.82, 2.24) is 0 Å². The predicted octanol–water partition coefficient (Wildman–Crippen LogP) is 1.45. The van der Waals surface area contributed by atoms with Crippen molar-refractivity contribution in [2.45, 2.75) is 0 Å². The van der Waals surface area contributed by atoms with Crippen molar-refractivity contribution in [3.63, 3.8) is 0 Å². The number of hydrogen-bond donors (Lipinski definition) is 1. The molecule has 0 unspecified atom stereocenters. The van der Waals surface area contributed by atoms with E-state index in [0.29, 0.717) is 22.7 Å². The molecular formula is C15H13NO6. The molecule has 114 valence electrons. The molecule has 2 heterocycles. The zero-order chi connectivity index (χ0) is 15.7. The summed E-state index contributed by atoms with van der Waals surface area (Å²) in [6, 6.07) is 3.49. The molecule has 0 aromatic heterocycles. The molecule has 7 nitrogen and oxygen atoms in total. The highest BCUT2D eigenvalue weighted by Crippen LogP contribution is 2.43. The van der Waals surface area contributed by atoms with Gasteiger partial charge in [0.15, 0.2) is 11.5 Å². The van der Waals surface area contributed by atoms with Crippen LogP contribution >= 0.6 is 0 Å². The Morgan fingerprint density at radius 1 is 1.09 bits per heavy atom. The molecular weight excluding hydrogens is 290 g/mol. The Morgan fingerprint density at radius 3 is 2.59 bits per heavy atom. The van der Waals surface area contributed by atoms with Crippen molar-refractivity contribution in [3.05, 3.63) is 35.0 Å². The minimum atomic E-state index is -0.612. The summed E-state index contributed by atoms with van der Waals surface area (Å²) in [4.78, 5) is 23.7. The number of rotatable bonds is 2. The van der Waals surface area contributed by atoms with Crippen LogP contribution in [0.15, 0.2) is 29.5 Å². The van der Waals surface area contributed by atoms with Crippen molar-refractivity contribution >= 4 is 23.7 Å². The van der Waals surface area contributed by atoms with Crippen molar-refractivity contribution in [3.8, 4) is 11.5 Å². The van der Waals surface area contributed by atoms with E-state index in [9.17, 15) is 9.59 Å². The van der Waals surface area contributed by atoms with Crippen LogP contribution in [0.5, 0.6) is 11.5 Å². The first-order valence-electron chi connectivity index (χ1n) is 6.43. The largest absolute Gasteiger partial charge is 0.465 e. The maximum absolute atomic E-state index is 11.9. The minimum absolute atomic E-state index is 0.0955. The number of carbonyl (C=O) groups is 2. The van der Waals surface area contributed by atoms with E-state index in [1.165, 1.54) is 20.3 Å². The normalized spacial score (nSPS) is 14.8. The molecule has 1 aromatic rings. The molecule has 22 heavy (non-hydrogen) atoms. The highest BCUT2D eigenvalue weighted by Gasteiger charge is 2.26. The Bertz CT molecular complexity index is 719. The van der Waals surface area contributed by atoms with Crippen molar-refractivity contribution in [2.24, 2.45) is 0 Å². The van der Waals surface area contributed by atoms with Crippen LogP contribution < -0.4 is 14.8 Å². The summed E-state index contributed by atoms with van der Waals surface area (Å²) in [5, 5.41) is 2.94. The number of hydrogen-bond acceptors (Lipinski definition) is 7. The third kappa shape index (κ3) is 2.26. The summed E-state index contributed by atoms with van der Waals surface area (Å²) >= 11 is 0. The summed E-state index contributed by atoms with van der Waals surface area (Å²) in [7, 11) is 2.53. The third-order valence-electron chi connectivity index (χ3n) is 3.27. The number of esters is 2. The van der Waals surface area contributed by atoms with Gasteiger partial charge in [0.05, 0.1) is 25.5 Å². The van der Waals surface area contributed by atoms with Crippen molar-refractivity contribution in [1.29, 1.82) is 0 Å². The second-order valence-electron chi connectivity index (χ2n) is 4.53. The van der Waals surface area contributed by atoms with E-state index in [-0.39, 0.29) is 18.1 Å². The Morgan fingerprint density at radius 2 is 1.86 bits per heavy atom. The number of nitrogens with one attached hydrogen (secondary N) is 1. The van der Waals surface area contributed by atoms with Crippen LogP contribution in [0.1, 0.15) is 5.56 Å². The van der Waals surface area contributed by atoms with Gasteiger partial charge in [0.25, 0.3) is 0 Å². The number of ether oxygens (including phenoxy) is 4. The van der Waals surface area contributed by atoms with Gasteiger partial charge >= 0.3 is 11.9 Å². The lowest BCUT2D eigenvalue weighted by molar-refractivity contribution is -0.136. The topological polar surface area (TPSA) is 83.1 Å². The van der Waals surface area contributed by atoms with E-state index in [1.807, 2.05) is 0 Å². The van der Waals surface area contributed by atoms with Gasteiger partial charge in [0, 0.05) is 5.56 Å². The Labute approximate surface area is 126 Å². The summed E-state index contributed by atoms with van der Waals surface area (Å²) < 4.78 is 20.2. The highest BCUT2D eigenvalue weighted by atomic mass is 16.7. The third-order valence-corrected chi connectivity index (χ3v) is 3.27. The van der Waals surface area contributed by atoms with Crippen LogP contribution in [0.25, 0.3) is 6.08 Å². The maximum Gasteiger partial charge on any atom is 0.354 e. The van der Waals surface area contributed by atoms with Crippen molar-refractivity contribution in [2.75, 3.05) is 26.3 Å². The zero-order valence-electron chi connectivity index (χ0n) is 12.0. The fourth-order valence-electron chi connectivity index (χ4n) is 2.23. The zero-order valence-corrected chi connectivity index (χ0v) is 12.0. The van der Waals surface area contributed by atoms with Crippen LogP contribution in [0.3, 0.4) is 0 Å². The van der Waals surface area contributed by atoms with E-state index in [4.69, 9.17) is 18.9 Å². The molecule has 0 radical (unpaired) electrons. The SMILES string of the molecule is COC(=O)C1=Cc2ccc3c(c2NC(C(=O)OC)=C1)OCO3. The summed E-state index contributed by atoms with van der Waals surface area (Å²) in [6.45, 7) is 0.0955. The van der Waals surface area contributed by atoms with Gasteiger partial charge in [-0.25, -0.2) is 9.59 Å². The predicted molar refractivity (Wildman–Crippen MR) is 76.3 cm³/mol. The molecule has 0 saturated carbocycles. The fraction of sp³-hybridized carbons (Fsp3) is 0.200. The van der Waals surface area contributed by atoms with Gasteiger partial charge < -0.3 is 24.3 Å². The standard InChI is InChI=1S/C15H13NO6/c1-19-14(17)9-5-8-3-4-11-13(22-7-21-11)12(8)16-10(6-9)15(18)20-2/h3-6,16H,7H2,1-2H3. The van der Waals surface area contributed by atoms with Crippen LogP contribution in [0.4, 0.5) is 5.69 Å². The quantitative estimate of drug-likeness (QED) is 0.828. The average molecular weight is 303 g/mol. The molecule has 0 aliphatic carbocycles. The second kappa shape index (κ2) is 5.44. The maximum atomic E-state index is 11.9. The molecule has 0 atom stereocenters. The Balaban J connectivity index is 2.16. The molecule has 0 saturated heterocycles. The van der Waals surface area contributed by atoms with E-state index in [0.717, 1.165) is 0 Å². The van der Waals surface area contributed by atoms with E-state index < -0.39 is 11.9 Å². The van der Waals surface area contributed by atoms with E-state index in [1.54, 1.807) is 18.2 Å². The van der Waals surface area contributed by atoms with Gasteiger partial charge in [-0.1, -0.05) is 0 Å². The number of methoxy groups -OCH3 is 2. The summed E-state index contributed by atoms with van der Waals surface area (Å²) in [6.07, 6.45) is 2.98. The molecule has 2 aliphatic heterocycles. The van der Waals surface area contributed by atoms with E-state index in [2.05, 4.69) is 5.32 Å². The minimum Gasteiger partial charge on any atom is -0.465 e. The highest BCUT2D eigenvalue weighted by molar-refractivity contribution is 6.04. The first-order chi connectivity index (χ1) is 10.6. The van der Waals surface area contributed by atoms with Crippen LogP contribution in [-0.2, 0) is 19.1 Å². The molecule has 0 fully saturated rings. The van der Waals surface area contributed by atoms with Gasteiger partial charge in [0.1, 0.15) is 5.70 Å². The first-order valence-corrected chi connectivity index (χ1v) is 6.43. The van der Waals surface area contributed by atoms with Crippen LogP contribution in [0, 0.1) is 0 Å². The molecule has 7 heteroatoms. The smallest absolute Gasteiger partial charge is 0.354 e. The summed E-state index contributed by atoms with van der Waals surface area (Å²) in [5.41, 5.74) is 1.51. The molecule has 0 spiro atoms. The molecule has 2 aliphatic rings. The van der Waals surface area contributed by atoms with Crippen molar-refractivity contribution < 1.29 is 28.5 Å². The lowest BCUT2D eigenvalue weighted by Gasteiger charge is -2.12. The lowest BCUT2D eigenvalue weighted by Crippen LogP contribution is -2.14. The number of benzene rings is 1. The summed E-state index contributed by atoms with van der Waals surface area (Å²) in [5.74, 6) is -0.132. The van der Waals surface area contributed by atoms with E-state index >= 15 is 0 Å². The number of anilines is 1. The van der Waals surface area contributed by atoms with Crippen LogP contribution in [-0.4, -0.2) is 33.0 Å². The molecule has 3 rings (SSSR count). The van der Waals surface area contributed by atoms with Gasteiger partial charge in [-0.15, -0.1) is 0 Å². The van der Waals surface area contributed by atoms with Gasteiger partial charge in [0.2, 0.25) is 6.79 Å². The second-order valence-corrected chi connectivity index (χ2v) is 4.53. The molecule has 1 aromatic carbocycles. The molecule has 0 bridgehead atoms. The Hall–Kier alpha value is -2.96. The number of carbonyl (C=O) groups excluding carboxylic acids is 2. The fourth-order valence-corrected chi connectivity index (χ4v) is 2.23.